The van der Waals surface area contributed by atoms with Crippen LogP contribution in [0.4, 0.5) is 15.9 Å². The van der Waals surface area contributed by atoms with Crippen molar-refractivity contribution in [1.82, 2.24) is 9.88 Å². The number of anilines is 2. The molecule has 4 rings (SSSR count). The number of hydrogen-bond acceptors (Lipinski definition) is 5. The van der Waals surface area contributed by atoms with Crippen LogP contribution in [0.5, 0.6) is 5.75 Å². The summed E-state index contributed by atoms with van der Waals surface area (Å²) in [5, 5.41) is 0. The topological polar surface area (TPSA) is 66.0 Å². The molecule has 0 saturated heterocycles. The number of fused-ring (bicyclic) bond motifs is 1. The Balaban J connectivity index is 1.58. The molecule has 2 heterocycles. The lowest BCUT2D eigenvalue weighted by atomic mass is 10.1. The Kier molecular flexibility index (Phi) is 9.89. The van der Waals surface area contributed by atoms with Crippen molar-refractivity contribution in [3.63, 3.8) is 0 Å². The zero-order valence-corrected chi connectivity index (χ0v) is 22.8. The predicted molar refractivity (Wildman–Crippen MR) is 151 cm³/mol. The number of ether oxygens (including phenoxy) is 1. The van der Waals surface area contributed by atoms with Gasteiger partial charge in [0.25, 0.3) is 0 Å². The van der Waals surface area contributed by atoms with E-state index in [1.54, 1.807) is 18.3 Å². The molecule has 0 aliphatic carbocycles. The summed E-state index contributed by atoms with van der Waals surface area (Å²) in [6, 6.07) is 19.6. The third kappa shape index (κ3) is 8.02. The van der Waals surface area contributed by atoms with E-state index in [0.717, 1.165) is 23.5 Å². The third-order valence-electron chi connectivity index (χ3n) is 6.68. The zero-order valence-electron chi connectivity index (χ0n) is 22.8. The number of nitrogens with zero attached hydrogens (tertiary/aromatic N) is 4. The summed E-state index contributed by atoms with van der Waals surface area (Å²) in [6.45, 7) is 6.99. The van der Waals surface area contributed by atoms with E-state index in [0.29, 0.717) is 44.9 Å². The van der Waals surface area contributed by atoms with Crippen LogP contribution in [0.15, 0.2) is 72.9 Å². The molecule has 0 fully saturated rings. The number of amides is 2. The lowest BCUT2D eigenvalue weighted by Crippen LogP contribution is -2.39. The monoisotopic (exact) mass is 532 g/mol. The third-order valence-corrected chi connectivity index (χ3v) is 6.68. The minimum absolute atomic E-state index is 0.0681. The maximum absolute atomic E-state index is 13.5. The van der Waals surface area contributed by atoms with Gasteiger partial charge in [-0.3, -0.25) is 9.59 Å². The molecule has 1 aliphatic rings. The number of carbonyl (C=O) groups is 2. The lowest BCUT2D eigenvalue weighted by Gasteiger charge is -2.29. The number of halogens is 1. The van der Waals surface area contributed by atoms with Gasteiger partial charge in [0.1, 0.15) is 17.4 Å². The van der Waals surface area contributed by atoms with E-state index >= 15 is 0 Å². The van der Waals surface area contributed by atoms with Crippen molar-refractivity contribution < 1.29 is 18.7 Å². The van der Waals surface area contributed by atoms with E-state index in [2.05, 4.69) is 9.88 Å². The number of para-hydroxylation sites is 1. The summed E-state index contributed by atoms with van der Waals surface area (Å²) in [7, 11) is 0. The first-order valence-corrected chi connectivity index (χ1v) is 13.6. The van der Waals surface area contributed by atoms with Crippen molar-refractivity contribution in [2.24, 2.45) is 5.92 Å². The first kappa shape index (κ1) is 28.1. The average Bonchev–Trinajstić information content (AvgIpc) is 2.96. The lowest BCUT2D eigenvalue weighted by molar-refractivity contribution is -0.132. The van der Waals surface area contributed by atoms with Crippen molar-refractivity contribution in [3.05, 3.63) is 84.3 Å². The minimum Gasteiger partial charge on any atom is -0.493 e. The Hall–Kier alpha value is -3.94. The van der Waals surface area contributed by atoms with E-state index in [1.807, 2.05) is 66.1 Å². The molecule has 0 atom stereocenters. The number of benzene rings is 2. The molecule has 7 nitrogen and oxygen atoms in total. The Morgan fingerprint density at radius 1 is 0.949 bits per heavy atom. The highest BCUT2D eigenvalue weighted by Gasteiger charge is 2.24. The van der Waals surface area contributed by atoms with Crippen LogP contribution < -0.4 is 14.5 Å². The van der Waals surface area contributed by atoms with E-state index in [-0.39, 0.29) is 36.6 Å². The SMILES string of the molecule is CC(C)CC(=O)N1CCCN(c2ccccn2)CCN(C(=O)CCOc2cccc(F)c2)Cc2ccccc21. The van der Waals surface area contributed by atoms with Crippen LogP contribution in [0.1, 0.15) is 38.7 Å². The summed E-state index contributed by atoms with van der Waals surface area (Å²) >= 11 is 0. The maximum atomic E-state index is 13.5. The quantitative estimate of drug-likeness (QED) is 0.413. The van der Waals surface area contributed by atoms with Crippen molar-refractivity contribution in [3.8, 4) is 5.75 Å². The maximum Gasteiger partial charge on any atom is 0.227 e. The Morgan fingerprint density at radius 2 is 1.77 bits per heavy atom. The number of pyridine rings is 1. The largest absolute Gasteiger partial charge is 0.493 e. The van der Waals surface area contributed by atoms with Gasteiger partial charge in [-0.05, 0) is 48.2 Å². The highest BCUT2D eigenvalue weighted by molar-refractivity contribution is 5.94. The number of carbonyl (C=O) groups excluding carboxylic acids is 2. The van der Waals surface area contributed by atoms with Crippen molar-refractivity contribution in [1.29, 1.82) is 0 Å². The first-order chi connectivity index (χ1) is 18.9. The predicted octanol–water partition coefficient (Wildman–Crippen LogP) is 5.31. The summed E-state index contributed by atoms with van der Waals surface area (Å²) in [4.78, 5) is 37.2. The number of rotatable bonds is 7. The second-order valence-electron chi connectivity index (χ2n) is 10.2. The van der Waals surface area contributed by atoms with E-state index < -0.39 is 0 Å². The van der Waals surface area contributed by atoms with Crippen molar-refractivity contribution in [2.45, 2.75) is 39.7 Å². The van der Waals surface area contributed by atoms with Gasteiger partial charge in [-0.2, -0.15) is 0 Å². The van der Waals surface area contributed by atoms with Gasteiger partial charge in [0.05, 0.1) is 13.0 Å². The fourth-order valence-corrected chi connectivity index (χ4v) is 4.76. The van der Waals surface area contributed by atoms with Gasteiger partial charge >= 0.3 is 0 Å². The van der Waals surface area contributed by atoms with E-state index in [4.69, 9.17) is 4.74 Å². The fraction of sp³-hybridized carbons (Fsp3) is 0.387. The van der Waals surface area contributed by atoms with Crippen LogP contribution in [-0.4, -0.2) is 54.5 Å². The molecule has 1 aliphatic heterocycles. The van der Waals surface area contributed by atoms with Crippen LogP contribution in [0.2, 0.25) is 0 Å². The van der Waals surface area contributed by atoms with Crippen LogP contribution in [0.25, 0.3) is 0 Å². The molecule has 1 aromatic heterocycles. The first-order valence-electron chi connectivity index (χ1n) is 13.6. The van der Waals surface area contributed by atoms with Crippen LogP contribution >= 0.6 is 0 Å². The molecule has 0 radical (unpaired) electrons. The molecule has 0 spiro atoms. The standard InChI is InChI=1S/C31H37FN4O3/c1-24(2)21-31(38)36-17-8-16-34(29-13-5-6-15-33-29)18-19-35(23-25-9-3-4-12-28(25)36)30(37)14-20-39-27-11-7-10-26(32)22-27/h3-7,9-13,15,22,24H,8,14,16-21,23H2,1-2H3. The molecule has 39 heavy (non-hydrogen) atoms. The van der Waals surface area contributed by atoms with Gasteiger partial charge in [0, 0.05) is 57.1 Å². The minimum atomic E-state index is -0.381. The van der Waals surface area contributed by atoms with Crippen LogP contribution in [0, 0.1) is 11.7 Å². The van der Waals surface area contributed by atoms with Gasteiger partial charge in [-0.1, -0.05) is 44.2 Å². The fourth-order valence-electron chi connectivity index (χ4n) is 4.76. The number of aromatic nitrogens is 1. The van der Waals surface area contributed by atoms with Crippen LogP contribution in [-0.2, 0) is 16.1 Å². The summed E-state index contributed by atoms with van der Waals surface area (Å²) < 4.78 is 19.2. The molecule has 0 bridgehead atoms. The highest BCUT2D eigenvalue weighted by atomic mass is 19.1. The zero-order chi connectivity index (χ0) is 27.6. The van der Waals surface area contributed by atoms with Crippen molar-refractivity contribution in [2.75, 3.05) is 42.6 Å². The second-order valence-corrected chi connectivity index (χ2v) is 10.2. The molecule has 0 unspecified atom stereocenters. The van der Waals surface area contributed by atoms with Gasteiger partial charge in [0.15, 0.2) is 0 Å². The Labute approximate surface area is 230 Å². The summed E-state index contributed by atoms with van der Waals surface area (Å²) in [6.07, 6.45) is 3.14. The molecule has 0 saturated carbocycles. The normalized spacial score (nSPS) is 14.5. The summed E-state index contributed by atoms with van der Waals surface area (Å²) in [5.74, 6) is 1.11. The van der Waals surface area contributed by atoms with Crippen molar-refractivity contribution >= 4 is 23.3 Å². The molecular formula is C31H37FN4O3. The van der Waals surface area contributed by atoms with E-state index in [1.165, 1.54) is 12.1 Å². The second kappa shape index (κ2) is 13.7. The van der Waals surface area contributed by atoms with Gasteiger partial charge in [0.2, 0.25) is 11.8 Å². The summed E-state index contributed by atoms with van der Waals surface area (Å²) in [5.41, 5.74) is 1.78. The van der Waals surface area contributed by atoms with Gasteiger partial charge < -0.3 is 19.4 Å². The molecule has 206 valence electrons. The molecule has 8 heteroatoms. The molecule has 2 amide bonds. The Bertz CT molecular complexity index is 1240. The Morgan fingerprint density at radius 3 is 2.54 bits per heavy atom. The van der Waals surface area contributed by atoms with E-state index in [9.17, 15) is 14.0 Å². The average molecular weight is 533 g/mol. The van der Waals surface area contributed by atoms with Crippen LogP contribution in [0.3, 0.4) is 0 Å². The molecule has 0 N–H and O–H groups in total. The number of hydrogen-bond donors (Lipinski definition) is 0. The highest BCUT2D eigenvalue weighted by Crippen LogP contribution is 2.26. The van der Waals surface area contributed by atoms with Gasteiger partial charge in [-0.25, -0.2) is 9.37 Å². The van der Waals surface area contributed by atoms with Gasteiger partial charge in [-0.15, -0.1) is 0 Å². The smallest absolute Gasteiger partial charge is 0.227 e. The molecular weight excluding hydrogens is 495 g/mol. The molecule has 3 aromatic rings. The molecule has 2 aromatic carbocycles.